The summed E-state index contributed by atoms with van der Waals surface area (Å²) in [6, 6.07) is 9.85. The van der Waals surface area contributed by atoms with Crippen molar-refractivity contribution in [3.8, 4) is 28.4 Å². The number of likely N-dealkylation sites (N-methyl/N-ethyl adjacent to an activating group) is 1. The average Bonchev–Trinajstić information content (AvgIpc) is 2.96. The number of benzene rings is 2. The fourth-order valence-electron chi connectivity index (χ4n) is 4.45. The van der Waals surface area contributed by atoms with E-state index in [9.17, 15) is 4.79 Å². The lowest BCUT2D eigenvalue weighted by Crippen LogP contribution is -2.43. The molecular weight excluding hydrogens is 503 g/mol. The number of ether oxygens (including phenoxy) is 3. The predicted molar refractivity (Wildman–Crippen MR) is 145 cm³/mol. The Morgan fingerprint density at radius 2 is 1.69 bits per heavy atom. The molecule has 10 nitrogen and oxygen atoms in total. The summed E-state index contributed by atoms with van der Waals surface area (Å²) in [6.07, 6.45) is 3.97. The molecule has 11 heteroatoms. The number of halogens is 1. The van der Waals surface area contributed by atoms with E-state index in [1.165, 1.54) is 32.7 Å². The van der Waals surface area contributed by atoms with Crippen molar-refractivity contribution < 1.29 is 23.4 Å². The molecule has 0 unspecified atom stereocenters. The van der Waals surface area contributed by atoms with Gasteiger partial charge in [0.25, 0.3) is 0 Å². The van der Waals surface area contributed by atoms with Crippen molar-refractivity contribution in [3.05, 3.63) is 66.4 Å². The SMILES string of the molecule is COc1cc(OC)c(F)c(-c2ccc(OC(=O)Nc3ccc(CN4CCN(C)CC4)cn3)c3nccnc23)c1. The van der Waals surface area contributed by atoms with E-state index >= 15 is 4.39 Å². The predicted octanol–water partition coefficient (Wildman–Crippen LogP) is 4.21. The summed E-state index contributed by atoms with van der Waals surface area (Å²) in [4.78, 5) is 30.5. The fraction of sp³-hybridized carbons (Fsp3) is 0.286. The number of pyridine rings is 1. The summed E-state index contributed by atoms with van der Waals surface area (Å²) < 4.78 is 31.2. The van der Waals surface area contributed by atoms with E-state index in [1.807, 2.05) is 6.07 Å². The summed E-state index contributed by atoms with van der Waals surface area (Å²) in [6.45, 7) is 4.92. The van der Waals surface area contributed by atoms with E-state index in [4.69, 9.17) is 14.2 Å². The molecule has 39 heavy (non-hydrogen) atoms. The lowest BCUT2D eigenvalue weighted by atomic mass is 10.0. The Labute approximate surface area is 225 Å². The number of methoxy groups -OCH3 is 2. The van der Waals surface area contributed by atoms with Gasteiger partial charge in [-0.1, -0.05) is 6.07 Å². The van der Waals surface area contributed by atoms with E-state index in [2.05, 4.69) is 37.1 Å². The maximum absolute atomic E-state index is 15.2. The van der Waals surface area contributed by atoms with Crippen LogP contribution in [0.4, 0.5) is 15.0 Å². The Bertz CT molecular complexity index is 1480. The molecule has 1 aliphatic heterocycles. The molecule has 1 fully saturated rings. The van der Waals surface area contributed by atoms with Gasteiger partial charge < -0.3 is 19.1 Å². The topological polar surface area (TPSA) is 102 Å². The van der Waals surface area contributed by atoms with Gasteiger partial charge in [0.1, 0.15) is 22.6 Å². The Kier molecular flexibility index (Phi) is 7.80. The highest BCUT2D eigenvalue weighted by atomic mass is 19.1. The number of nitrogens with zero attached hydrogens (tertiary/aromatic N) is 5. The monoisotopic (exact) mass is 532 g/mol. The van der Waals surface area contributed by atoms with Crippen LogP contribution in [-0.4, -0.2) is 78.3 Å². The molecule has 1 aliphatic rings. The smallest absolute Gasteiger partial charge is 0.418 e. The van der Waals surface area contributed by atoms with Gasteiger partial charge in [-0.05, 0) is 36.9 Å². The first kappa shape index (κ1) is 26.3. The first-order valence-corrected chi connectivity index (χ1v) is 12.5. The second-order valence-electron chi connectivity index (χ2n) is 9.20. The van der Waals surface area contributed by atoms with Crippen LogP contribution >= 0.6 is 0 Å². The molecule has 1 amide bonds. The van der Waals surface area contributed by atoms with Gasteiger partial charge in [-0.25, -0.2) is 19.2 Å². The minimum atomic E-state index is -0.733. The van der Waals surface area contributed by atoms with Crippen LogP contribution in [0.15, 0.2) is 55.0 Å². The van der Waals surface area contributed by atoms with Gasteiger partial charge in [-0.15, -0.1) is 0 Å². The molecule has 202 valence electrons. The summed E-state index contributed by atoms with van der Waals surface area (Å²) in [5.41, 5.74) is 2.37. The first-order valence-electron chi connectivity index (χ1n) is 12.5. The van der Waals surface area contributed by atoms with Gasteiger partial charge >= 0.3 is 6.09 Å². The molecule has 0 radical (unpaired) electrons. The van der Waals surface area contributed by atoms with Crippen molar-refractivity contribution in [1.82, 2.24) is 24.8 Å². The number of rotatable bonds is 7. The zero-order chi connectivity index (χ0) is 27.4. The quantitative estimate of drug-likeness (QED) is 0.375. The molecule has 0 aliphatic carbocycles. The van der Waals surface area contributed by atoms with Crippen molar-refractivity contribution in [2.75, 3.05) is 52.8 Å². The third-order valence-electron chi connectivity index (χ3n) is 6.61. The Morgan fingerprint density at radius 3 is 2.38 bits per heavy atom. The molecule has 1 N–H and O–H groups in total. The number of aromatic nitrogens is 3. The number of amides is 1. The highest BCUT2D eigenvalue weighted by Crippen LogP contribution is 2.38. The number of nitrogens with one attached hydrogen (secondary N) is 1. The highest BCUT2D eigenvalue weighted by molar-refractivity contribution is 5.97. The van der Waals surface area contributed by atoms with Crippen LogP contribution < -0.4 is 19.5 Å². The Morgan fingerprint density at radius 1 is 0.923 bits per heavy atom. The van der Waals surface area contributed by atoms with E-state index < -0.39 is 11.9 Å². The highest BCUT2D eigenvalue weighted by Gasteiger charge is 2.20. The molecule has 2 aromatic carbocycles. The molecule has 0 spiro atoms. The largest absolute Gasteiger partial charge is 0.497 e. The molecule has 0 bridgehead atoms. The second-order valence-corrected chi connectivity index (χ2v) is 9.20. The van der Waals surface area contributed by atoms with E-state index in [-0.39, 0.29) is 17.1 Å². The van der Waals surface area contributed by atoms with Crippen LogP contribution in [0.2, 0.25) is 0 Å². The molecule has 2 aromatic heterocycles. The van der Waals surface area contributed by atoms with Crippen molar-refractivity contribution in [3.63, 3.8) is 0 Å². The minimum absolute atomic E-state index is 0.0307. The lowest BCUT2D eigenvalue weighted by molar-refractivity contribution is 0.148. The lowest BCUT2D eigenvalue weighted by Gasteiger charge is -2.32. The van der Waals surface area contributed by atoms with Gasteiger partial charge in [-0.2, -0.15) is 0 Å². The number of anilines is 1. The van der Waals surface area contributed by atoms with E-state index in [1.54, 1.807) is 30.5 Å². The van der Waals surface area contributed by atoms with Gasteiger partial charge in [0.2, 0.25) is 0 Å². The second kappa shape index (κ2) is 11.6. The molecule has 5 rings (SSSR count). The van der Waals surface area contributed by atoms with Crippen molar-refractivity contribution in [2.45, 2.75) is 6.54 Å². The van der Waals surface area contributed by atoms with Gasteiger partial charge in [0, 0.05) is 68.5 Å². The molecule has 0 saturated carbocycles. The zero-order valence-corrected chi connectivity index (χ0v) is 22.0. The number of carbonyl (C=O) groups excluding carboxylic acids is 1. The molecule has 1 saturated heterocycles. The van der Waals surface area contributed by atoms with Crippen LogP contribution in [-0.2, 0) is 6.54 Å². The third-order valence-corrected chi connectivity index (χ3v) is 6.61. The van der Waals surface area contributed by atoms with Crippen LogP contribution in [0.5, 0.6) is 17.2 Å². The van der Waals surface area contributed by atoms with Crippen LogP contribution in [0, 0.1) is 5.82 Å². The minimum Gasteiger partial charge on any atom is -0.497 e. The normalized spacial score (nSPS) is 14.3. The summed E-state index contributed by atoms with van der Waals surface area (Å²) in [5.74, 6) is 0.407. The van der Waals surface area contributed by atoms with Crippen molar-refractivity contribution in [2.24, 2.45) is 0 Å². The average molecular weight is 533 g/mol. The molecule has 0 atom stereocenters. The fourth-order valence-corrected chi connectivity index (χ4v) is 4.45. The maximum Gasteiger partial charge on any atom is 0.418 e. The van der Waals surface area contributed by atoms with E-state index in [0.29, 0.717) is 28.2 Å². The summed E-state index contributed by atoms with van der Waals surface area (Å²) >= 11 is 0. The molecular formula is C28H29FN6O4. The van der Waals surface area contributed by atoms with Gasteiger partial charge in [-0.3, -0.25) is 15.2 Å². The summed E-state index contributed by atoms with van der Waals surface area (Å²) in [5, 5.41) is 2.64. The molecule has 4 aromatic rings. The Balaban J connectivity index is 1.33. The first-order chi connectivity index (χ1) is 18.9. The number of piperazine rings is 1. The van der Waals surface area contributed by atoms with Gasteiger partial charge in [0.05, 0.1) is 14.2 Å². The van der Waals surface area contributed by atoms with E-state index in [0.717, 1.165) is 38.3 Å². The third kappa shape index (κ3) is 5.89. The van der Waals surface area contributed by atoms with Crippen LogP contribution in [0.3, 0.4) is 0 Å². The molecule has 3 heterocycles. The van der Waals surface area contributed by atoms with Gasteiger partial charge in [0.15, 0.2) is 17.3 Å². The number of fused-ring (bicyclic) bond motifs is 1. The van der Waals surface area contributed by atoms with Crippen LogP contribution in [0.1, 0.15) is 5.56 Å². The summed E-state index contributed by atoms with van der Waals surface area (Å²) in [7, 11) is 4.99. The maximum atomic E-state index is 15.2. The standard InChI is InChI=1S/C28H29FN6O4/c1-34-10-12-35(13-11-34)17-18-4-7-24(32-16-18)33-28(36)39-22-6-5-20(26-27(22)31-9-8-30-26)21-14-19(37-2)15-23(38-3)25(21)29/h4-9,14-16H,10-13,17H2,1-3H3,(H,32,33,36). The number of carbonyl (C=O) groups is 1. The van der Waals surface area contributed by atoms with Crippen molar-refractivity contribution >= 4 is 22.9 Å². The zero-order valence-electron chi connectivity index (χ0n) is 22.0. The van der Waals surface area contributed by atoms with Crippen LogP contribution in [0.25, 0.3) is 22.2 Å². The van der Waals surface area contributed by atoms with Crippen molar-refractivity contribution in [1.29, 1.82) is 0 Å². The number of hydrogen-bond acceptors (Lipinski definition) is 9. The number of hydrogen-bond donors (Lipinski definition) is 1. The Hall–Kier alpha value is -4.35.